The summed E-state index contributed by atoms with van der Waals surface area (Å²) in [7, 11) is 0. The number of thiophene rings is 1. The lowest BCUT2D eigenvalue weighted by Gasteiger charge is -2.12. The lowest BCUT2D eigenvalue weighted by Crippen LogP contribution is -1.95. The molecule has 50 heavy (non-hydrogen) atoms. The first-order valence-corrected chi connectivity index (χ1v) is 18.0. The van der Waals surface area contributed by atoms with Crippen molar-refractivity contribution >= 4 is 85.6 Å². The summed E-state index contributed by atoms with van der Waals surface area (Å²) in [5.41, 5.74) is 8.71. The Kier molecular flexibility index (Phi) is 5.89. The van der Waals surface area contributed by atoms with Gasteiger partial charge in [0.15, 0.2) is 0 Å². The van der Waals surface area contributed by atoms with Crippen LogP contribution in [0.4, 0.5) is 0 Å². The van der Waals surface area contributed by atoms with Crippen molar-refractivity contribution in [2.45, 2.75) is 0 Å². The van der Waals surface area contributed by atoms with Crippen molar-refractivity contribution in [3.63, 3.8) is 0 Å². The maximum Gasteiger partial charge on any atom is 0.0627 e. The van der Waals surface area contributed by atoms with Crippen LogP contribution in [0.3, 0.4) is 0 Å². The Morgan fingerprint density at radius 1 is 0.300 bits per heavy atom. The van der Waals surface area contributed by atoms with Gasteiger partial charge in [0.1, 0.15) is 0 Å². The predicted molar refractivity (Wildman–Crippen MR) is 217 cm³/mol. The van der Waals surface area contributed by atoms with Crippen molar-refractivity contribution in [3.05, 3.63) is 176 Å². The summed E-state index contributed by atoms with van der Waals surface area (Å²) < 4.78 is 5.23. The van der Waals surface area contributed by atoms with Crippen molar-refractivity contribution in [1.82, 2.24) is 4.57 Å². The number of aromatic nitrogens is 1. The molecule has 0 N–H and O–H groups in total. The lowest BCUT2D eigenvalue weighted by molar-refractivity contribution is 1.19. The molecule has 1 nitrogen and oxygen atoms in total. The molecular weight excluding hydrogens is 623 g/mol. The highest BCUT2D eigenvalue weighted by molar-refractivity contribution is 7.27. The van der Waals surface area contributed by atoms with E-state index in [1.807, 2.05) is 11.3 Å². The summed E-state index contributed by atoms with van der Waals surface area (Å²) in [6.45, 7) is 0. The van der Waals surface area contributed by atoms with E-state index in [2.05, 4.69) is 180 Å². The van der Waals surface area contributed by atoms with E-state index in [1.54, 1.807) is 0 Å². The van der Waals surface area contributed by atoms with Crippen LogP contribution in [0.5, 0.6) is 0 Å². The van der Waals surface area contributed by atoms with E-state index >= 15 is 0 Å². The smallest absolute Gasteiger partial charge is 0.0627 e. The number of fused-ring (bicyclic) bond motifs is 15. The van der Waals surface area contributed by atoms with Gasteiger partial charge in [-0.1, -0.05) is 164 Å². The predicted octanol–water partition coefficient (Wildman–Crippen LogP) is 13.9. The molecule has 9 aromatic carbocycles. The van der Waals surface area contributed by atoms with Crippen LogP contribution in [-0.2, 0) is 0 Å². The minimum Gasteiger partial charge on any atom is -0.308 e. The first-order chi connectivity index (χ1) is 24.8. The normalized spacial score (nSPS) is 12.0. The van der Waals surface area contributed by atoms with Crippen LogP contribution >= 0.6 is 11.3 Å². The third kappa shape index (κ3) is 3.82. The van der Waals surface area contributed by atoms with Crippen molar-refractivity contribution < 1.29 is 0 Å². The molecule has 0 aliphatic rings. The summed E-state index contributed by atoms with van der Waals surface area (Å²) in [6, 6.07) is 64.6. The molecular formula is C48H29NS. The molecule has 2 heteroatoms. The summed E-state index contributed by atoms with van der Waals surface area (Å²) in [5.74, 6) is 0. The molecule has 0 fully saturated rings. The molecule has 0 aliphatic carbocycles. The largest absolute Gasteiger partial charge is 0.308 e. The molecule has 2 aromatic heterocycles. The highest BCUT2D eigenvalue weighted by Crippen LogP contribution is 2.52. The van der Waals surface area contributed by atoms with Crippen LogP contribution < -0.4 is 0 Å². The molecule has 0 amide bonds. The van der Waals surface area contributed by atoms with E-state index < -0.39 is 0 Å². The lowest BCUT2D eigenvalue weighted by atomic mass is 9.93. The summed E-state index contributed by atoms with van der Waals surface area (Å²) in [4.78, 5) is 0. The zero-order chi connectivity index (χ0) is 32.8. The second-order valence-corrected chi connectivity index (χ2v) is 14.2. The van der Waals surface area contributed by atoms with Gasteiger partial charge in [-0.3, -0.25) is 0 Å². The SMILES string of the molecule is c1ccc(-c2ccc(-c3cccc4c3sc3c5ccccc5c5c(c43)c3c4ccccc4c4ccccc4c3n5-c3ccccc3)cc2)cc1. The summed E-state index contributed by atoms with van der Waals surface area (Å²) >= 11 is 1.94. The highest BCUT2D eigenvalue weighted by atomic mass is 32.1. The average molecular weight is 652 g/mol. The van der Waals surface area contributed by atoms with Gasteiger partial charge in [0.2, 0.25) is 0 Å². The van der Waals surface area contributed by atoms with Crippen LogP contribution in [0.15, 0.2) is 176 Å². The van der Waals surface area contributed by atoms with Crippen molar-refractivity contribution in [1.29, 1.82) is 0 Å². The fourth-order valence-corrected chi connectivity index (χ4v) is 9.81. The molecule has 11 rings (SSSR count). The maximum atomic E-state index is 2.55. The van der Waals surface area contributed by atoms with Gasteiger partial charge in [0.25, 0.3) is 0 Å². The van der Waals surface area contributed by atoms with E-state index in [0.717, 1.165) is 0 Å². The molecule has 0 radical (unpaired) electrons. The monoisotopic (exact) mass is 651 g/mol. The van der Waals surface area contributed by atoms with Crippen molar-refractivity contribution in [3.8, 4) is 27.9 Å². The van der Waals surface area contributed by atoms with Crippen LogP contribution in [0, 0.1) is 0 Å². The number of nitrogens with zero attached hydrogens (tertiary/aromatic N) is 1. The zero-order valence-corrected chi connectivity index (χ0v) is 27.9. The van der Waals surface area contributed by atoms with Gasteiger partial charge in [-0.25, -0.2) is 0 Å². The van der Waals surface area contributed by atoms with Crippen molar-refractivity contribution in [2.75, 3.05) is 0 Å². The van der Waals surface area contributed by atoms with Gasteiger partial charge in [-0.2, -0.15) is 0 Å². The molecule has 0 spiro atoms. The van der Waals surface area contributed by atoms with E-state index in [-0.39, 0.29) is 0 Å². The molecule has 2 heterocycles. The number of benzene rings is 9. The average Bonchev–Trinajstić information content (AvgIpc) is 3.76. The first kappa shape index (κ1) is 27.7. The van der Waals surface area contributed by atoms with Crippen LogP contribution in [-0.4, -0.2) is 4.57 Å². The van der Waals surface area contributed by atoms with E-state index in [0.29, 0.717) is 0 Å². The molecule has 0 atom stereocenters. The van der Waals surface area contributed by atoms with Gasteiger partial charge < -0.3 is 4.57 Å². The minimum atomic E-state index is 1.18. The molecule has 0 aliphatic heterocycles. The molecule has 0 unspecified atom stereocenters. The van der Waals surface area contributed by atoms with Crippen LogP contribution in [0.1, 0.15) is 0 Å². The van der Waals surface area contributed by atoms with Gasteiger partial charge in [-0.05, 0) is 50.5 Å². The number of rotatable bonds is 3. The third-order valence-electron chi connectivity index (χ3n) is 10.5. The Labute approximate surface area is 292 Å². The summed E-state index contributed by atoms with van der Waals surface area (Å²) in [6.07, 6.45) is 0. The zero-order valence-electron chi connectivity index (χ0n) is 27.1. The topological polar surface area (TPSA) is 4.93 Å². The van der Waals surface area contributed by atoms with Crippen molar-refractivity contribution in [2.24, 2.45) is 0 Å². The van der Waals surface area contributed by atoms with E-state index in [1.165, 1.54) is 102 Å². The Morgan fingerprint density at radius 3 is 1.52 bits per heavy atom. The molecule has 0 bridgehead atoms. The number of para-hydroxylation sites is 1. The van der Waals surface area contributed by atoms with E-state index in [9.17, 15) is 0 Å². The molecule has 232 valence electrons. The van der Waals surface area contributed by atoms with Gasteiger partial charge in [0.05, 0.1) is 11.0 Å². The Hall–Kier alpha value is -6.22. The van der Waals surface area contributed by atoms with Crippen LogP contribution in [0.25, 0.3) is 102 Å². The molecule has 11 aromatic rings. The quantitative estimate of drug-likeness (QED) is 0.168. The van der Waals surface area contributed by atoms with Gasteiger partial charge in [-0.15, -0.1) is 11.3 Å². The summed E-state index contributed by atoms with van der Waals surface area (Å²) in [5, 5.41) is 13.1. The van der Waals surface area contributed by atoms with E-state index in [4.69, 9.17) is 0 Å². The van der Waals surface area contributed by atoms with Crippen LogP contribution in [0.2, 0.25) is 0 Å². The van der Waals surface area contributed by atoms with Gasteiger partial charge >= 0.3 is 0 Å². The fourth-order valence-electron chi connectivity index (χ4n) is 8.43. The molecule has 0 saturated heterocycles. The Morgan fingerprint density at radius 2 is 0.800 bits per heavy atom. The fraction of sp³-hybridized carbons (Fsp3) is 0. The minimum absolute atomic E-state index is 1.18. The Bertz CT molecular complexity index is 3110. The number of hydrogen-bond acceptors (Lipinski definition) is 1. The third-order valence-corrected chi connectivity index (χ3v) is 11.8. The second kappa shape index (κ2) is 10.6. The Balaban J connectivity index is 1.35. The highest BCUT2D eigenvalue weighted by Gasteiger charge is 2.25. The standard InChI is InChI=1S/C48H29NS/c1-3-14-30(15-4-1)31-26-28-32(29-27-31)34-24-13-25-41-43-44-42-37-20-9-7-18-35(37)36-19-8-10-21-38(36)45(42)49(33-16-5-2-6-17-33)46(44)39-22-11-12-23-40(39)48(43)50-47(34)41/h1-29H. The van der Waals surface area contributed by atoms with Gasteiger partial charge in [0, 0.05) is 52.8 Å². The maximum absolute atomic E-state index is 2.55. The second-order valence-electron chi connectivity index (χ2n) is 13.2. The molecule has 0 saturated carbocycles. The number of hydrogen-bond donors (Lipinski definition) is 0. The first-order valence-electron chi connectivity index (χ1n) is 17.2.